The molecule has 2 heterocycles. The van der Waals surface area contributed by atoms with E-state index in [1.54, 1.807) is 12.1 Å². The molecule has 0 radical (unpaired) electrons. The van der Waals surface area contributed by atoms with Crippen LogP contribution in [0.15, 0.2) is 76.5 Å². The highest BCUT2D eigenvalue weighted by atomic mass is 35.5. The number of hydrogen-bond acceptors (Lipinski definition) is 7. The van der Waals surface area contributed by atoms with Gasteiger partial charge in [-0.25, -0.2) is 16.8 Å². The Bertz CT molecular complexity index is 1620. The van der Waals surface area contributed by atoms with Crippen LogP contribution in [0, 0.1) is 0 Å². The van der Waals surface area contributed by atoms with Crippen LogP contribution in [-0.2, 0) is 31.3 Å². The lowest BCUT2D eigenvalue weighted by atomic mass is 10.2. The molecule has 0 aromatic heterocycles. The number of ether oxygens (including phenoxy) is 1. The molecule has 3 aromatic carbocycles. The molecule has 0 bridgehead atoms. The fraction of sp³-hybridized carbons (Fsp3) is 0.296. The zero-order valence-electron chi connectivity index (χ0n) is 21.8. The number of hydrogen-bond donors (Lipinski definition) is 1. The summed E-state index contributed by atoms with van der Waals surface area (Å²) in [5.41, 5.74) is 2.03. The van der Waals surface area contributed by atoms with E-state index in [9.17, 15) is 21.6 Å². The minimum Gasteiger partial charge on any atom is -0.482 e. The maximum Gasteiger partial charge on any atom is 0.264 e. The summed E-state index contributed by atoms with van der Waals surface area (Å²) in [4.78, 5) is 14.7. The van der Waals surface area contributed by atoms with E-state index in [0.29, 0.717) is 50.5 Å². The van der Waals surface area contributed by atoms with E-state index < -0.39 is 26.0 Å². The average Bonchev–Trinajstić information content (AvgIpc) is 3.38. The Balaban J connectivity index is 1.18. The summed E-state index contributed by atoms with van der Waals surface area (Å²) >= 11 is 6.31. The topological polar surface area (TPSA) is 116 Å². The molecule has 1 amide bonds. The lowest BCUT2D eigenvalue weighted by molar-refractivity contribution is -0.118. The number of likely N-dealkylation sites (N-methyl/N-ethyl adjacent to an activating group) is 1. The number of carbonyl (C=O) groups excluding carboxylic acids is 1. The highest BCUT2D eigenvalue weighted by Crippen LogP contribution is 2.35. The van der Waals surface area contributed by atoms with Crippen molar-refractivity contribution < 1.29 is 26.4 Å². The fourth-order valence-electron chi connectivity index (χ4n) is 4.67. The van der Waals surface area contributed by atoms with Crippen molar-refractivity contribution in [2.75, 3.05) is 56.0 Å². The van der Waals surface area contributed by atoms with Gasteiger partial charge in [0.25, 0.3) is 15.9 Å². The minimum atomic E-state index is -3.82. The van der Waals surface area contributed by atoms with Gasteiger partial charge in [-0.1, -0.05) is 29.8 Å². The number of amides is 1. The third-order valence-electron chi connectivity index (χ3n) is 6.93. The number of fused-ring (bicyclic) bond motifs is 1. The van der Waals surface area contributed by atoms with Crippen LogP contribution in [0.25, 0.3) is 0 Å². The molecule has 10 nitrogen and oxygen atoms in total. The first-order chi connectivity index (χ1) is 19.1. The number of anilines is 2. The summed E-state index contributed by atoms with van der Waals surface area (Å²) in [7, 11) is -5.48. The number of nitrogens with one attached hydrogen (secondary N) is 1. The smallest absolute Gasteiger partial charge is 0.264 e. The Labute approximate surface area is 239 Å². The molecule has 3 aromatic rings. The maximum atomic E-state index is 13.2. The van der Waals surface area contributed by atoms with Gasteiger partial charge in [-0.3, -0.25) is 9.10 Å². The van der Waals surface area contributed by atoms with Gasteiger partial charge in [0.15, 0.2) is 6.61 Å². The van der Waals surface area contributed by atoms with Gasteiger partial charge in [-0.15, -0.1) is 0 Å². The number of halogens is 1. The normalized spacial score (nSPS) is 16.5. The van der Waals surface area contributed by atoms with E-state index in [1.165, 1.54) is 51.1 Å². The molecule has 0 unspecified atom stereocenters. The largest absolute Gasteiger partial charge is 0.482 e. The van der Waals surface area contributed by atoms with Gasteiger partial charge in [-0.2, -0.15) is 4.31 Å². The number of piperazine rings is 1. The molecule has 0 atom stereocenters. The predicted octanol–water partition coefficient (Wildman–Crippen LogP) is 3.05. The van der Waals surface area contributed by atoms with Crippen molar-refractivity contribution in [1.82, 2.24) is 9.21 Å². The SMILES string of the molecule is CN1CCN(S(=O)(=O)c2ccc(NC(=O)COc3ccc(S(=O)(=O)N4CCc5ccccc54)cc3Cl)cc2)CC1. The zero-order valence-corrected chi connectivity index (χ0v) is 24.2. The summed E-state index contributed by atoms with van der Waals surface area (Å²) in [6.07, 6.45) is 0.633. The molecule has 0 aliphatic carbocycles. The van der Waals surface area contributed by atoms with Crippen molar-refractivity contribution in [2.45, 2.75) is 16.2 Å². The quantitative estimate of drug-likeness (QED) is 0.420. The van der Waals surface area contributed by atoms with Crippen LogP contribution in [-0.4, -0.2) is 78.3 Å². The molecule has 2 aliphatic rings. The summed E-state index contributed by atoms with van der Waals surface area (Å²) in [5, 5.41) is 2.71. The van der Waals surface area contributed by atoms with Crippen LogP contribution in [0.3, 0.4) is 0 Å². The monoisotopic (exact) mass is 604 g/mol. The molecule has 1 saturated heterocycles. The lowest BCUT2D eigenvalue weighted by Gasteiger charge is -2.31. The van der Waals surface area contributed by atoms with Crippen LogP contribution in [0.4, 0.5) is 11.4 Å². The Kier molecular flexibility index (Phi) is 8.07. The van der Waals surface area contributed by atoms with Gasteiger partial charge in [0.1, 0.15) is 5.75 Å². The fourth-order valence-corrected chi connectivity index (χ4v) is 7.92. The number of sulfonamides is 2. The van der Waals surface area contributed by atoms with Crippen molar-refractivity contribution >= 4 is 48.9 Å². The molecule has 5 rings (SSSR count). The second-order valence-electron chi connectivity index (χ2n) is 9.62. The minimum absolute atomic E-state index is 0.0256. The molecule has 2 aliphatic heterocycles. The van der Waals surface area contributed by atoms with Crippen molar-refractivity contribution in [3.63, 3.8) is 0 Å². The zero-order chi connectivity index (χ0) is 28.5. The van der Waals surface area contributed by atoms with Gasteiger partial charge in [0.05, 0.1) is 20.5 Å². The molecule has 1 N–H and O–H groups in total. The number of carbonyl (C=O) groups is 1. The third-order valence-corrected chi connectivity index (χ3v) is 11.0. The summed E-state index contributed by atoms with van der Waals surface area (Å²) in [6, 6.07) is 17.4. The van der Waals surface area contributed by atoms with Crippen LogP contribution in [0.2, 0.25) is 5.02 Å². The predicted molar refractivity (Wildman–Crippen MR) is 153 cm³/mol. The highest BCUT2D eigenvalue weighted by Gasteiger charge is 2.31. The first-order valence-corrected chi connectivity index (χ1v) is 15.9. The van der Waals surface area contributed by atoms with E-state index in [2.05, 4.69) is 10.2 Å². The summed E-state index contributed by atoms with van der Waals surface area (Å²) in [6.45, 7) is 2.16. The first-order valence-electron chi connectivity index (χ1n) is 12.7. The van der Waals surface area contributed by atoms with Crippen LogP contribution in [0.5, 0.6) is 5.75 Å². The molecule has 1 fully saturated rings. The lowest BCUT2D eigenvalue weighted by Crippen LogP contribution is -2.46. The molecule has 0 spiro atoms. The van der Waals surface area contributed by atoms with E-state index >= 15 is 0 Å². The Hall–Kier alpha value is -3.16. The van der Waals surface area contributed by atoms with Gasteiger partial charge in [-0.05, 0) is 67.6 Å². The van der Waals surface area contributed by atoms with Gasteiger partial charge >= 0.3 is 0 Å². The van der Waals surface area contributed by atoms with E-state index in [-0.39, 0.29) is 27.2 Å². The average molecular weight is 605 g/mol. The second-order valence-corrected chi connectivity index (χ2v) is 13.8. The Morgan fingerprint density at radius 1 is 0.875 bits per heavy atom. The van der Waals surface area contributed by atoms with Crippen LogP contribution < -0.4 is 14.4 Å². The van der Waals surface area contributed by atoms with E-state index in [4.69, 9.17) is 16.3 Å². The first kappa shape index (κ1) is 28.4. The van der Waals surface area contributed by atoms with Gasteiger partial charge in [0.2, 0.25) is 10.0 Å². The molecular formula is C27H29ClN4O6S2. The molecule has 0 saturated carbocycles. The van der Waals surface area contributed by atoms with Gasteiger partial charge in [0, 0.05) is 38.4 Å². The molecule has 212 valence electrons. The van der Waals surface area contributed by atoms with Crippen molar-refractivity contribution in [3.8, 4) is 5.75 Å². The van der Waals surface area contributed by atoms with E-state index in [1.807, 2.05) is 19.2 Å². The second kappa shape index (κ2) is 11.4. The summed E-state index contributed by atoms with van der Waals surface area (Å²) in [5.74, 6) is -0.331. The Morgan fingerprint density at radius 3 is 2.25 bits per heavy atom. The number of rotatable bonds is 8. The van der Waals surface area contributed by atoms with Crippen molar-refractivity contribution in [1.29, 1.82) is 0 Å². The van der Waals surface area contributed by atoms with Crippen molar-refractivity contribution in [3.05, 3.63) is 77.3 Å². The maximum absolute atomic E-state index is 13.2. The van der Waals surface area contributed by atoms with Gasteiger partial charge < -0.3 is 15.0 Å². The highest BCUT2D eigenvalue weighted by molar-refractivity contribution is 7.92. The van der Waals surface area contributed by atoms with Crippen LogP contribution >= 0.6 is 11.6 Å². The number of nitrogens with zero attached hydrogens (tertiary/aromatic N) is 3. The molecule has 40 heavy (non-hydrogen) atoms. The number of para-hydroxylation sites is 1. The summed E-state index contributed by atoms with van der Waals surface area (Å²) < 4.78 is 60.6. The Morgan fingerprint density at radius 2 is 1.55 bits per heavy atom. The third kappa shape index (κ3) is 5.81. The standard InChI is InChI=1S/C27H29ClN4O6S2/c1-30-14-16-31(17-15-30)39(34,35)22-8-6-21(7-9-22)29-27(33)19-38-26-11-10-23(18-24(26)28)40(36,37)32-13-12-20-4-2-3-5-25(20)32/h2-11,18H,12-17,19H2,1H3,(H,29,33). The molecular weight excluding hydrogens is 576 g/mol. The van der Waals surface area contributed by atoms with Crippen molar-refractivity contribution in [2.24, 2.45) is 0 Å². The van der Waals surface area contributed by atoms with Crippen LogP contribution in [0.1, 0.15) is 5.56 Å². The number of benzene rings is 3. The molecule has 13 heteroatoms. The van der Waals surface area contributed by atoms with E-state index in [0.717, 1.165) is 5.56 Å².